The van der Waals surface area contributed by atoms with Gasteiger partial charge in [0.15, 0.2) is 0 Å². The predicted octanol–water partition coefficient (Wildman–Crippen LogP) is 3.82. The van der Waals surface area contributed by atoms with Crippen molar-refractivity contribution in [1.82, 2.24) is 4.90 Å². The smallest absolute Gasteiger partial charge is 0.410 e. The molecule has 1 fully saturated rings. The summed E-state index contributed by atoms with van der Waals surface area (Å²) in [6, 6.07) is 9.87. The van der Waals surface area contributed by atoms with Crippen LogP contribution >= 0.6 is 12.2 Å². The lowest BCUT2D eigenvalue weighted by molar-refractivity contribution is 0.0117. The molecular weight excluding hydrogens is 324 g/mol. The van der Waals surface area contributed by atoms with Crippen molar-refractivity contribution in [2.24, 2.45) is 0 Å². The SMILES string of the molecule is CN(C(=S)OC1CCN(C(=O)OC(C)(C)C)CC1)c1ccccc1. The first-order chi connectivity index (χ1) is 11.3. The Balaban J connectivity index is 1.80. The summed E-state index contributed by atoms with van der Waals surface area (Å²) in [7, 11) is 1.90. The third-order valence-corrected chi connectivity index (χ3v) is 4.15. The van der Waals surface area contributed by atoms with E-state index in [0.29, 0.717) is 18.3 Å². The Morgan fingerprint density at radius 3 is 2.33 bits per heavy atom. The first kappa shape index (κ1) is 18.5. The van der Waals surface area contributed by atoms with Gasteiger partial charge in [-0.3, -0.25) is 0 Å². The minimum absolute atomic E-state index is 0.0300. The van der Waals surface area contributed by atoms with Crippen molar-refractivity contribution in [3.8, 4) is 0 Å². The van der Waals surface area contributed by atoms with Gasteiger partial charge in [-0.05, 0) is 45.1 Å². The summed E-state index contributed by atoms with van der Waals surface area (Å²) in [6.45, 7) is 6.87. The Hall–Kier alpha value is -1.82. The number of piperidine rings is 1. The fraction of sp³-hybridized carbons (Fsp3) is 0.556. The average molecular weight is 350 g/mol. The summed E-state index contributed by atoms with van der Waals surface area (Å²) in [6.07, 6.45) is 1.27. The molecule has 0 N–H and O–H groups in total. The number of anilines is 1. The second kappa shape index (κ2) is 7.83. The van der Waals surface area contributed by atoms with Crippen LogP contribution in [0.2, 0.25) is 0 Å². The number of ether oxygens (including phenoxy) is 2. The molecular formula is C18H26N2O3S. The van der Waals surface area contributed by atoms with Crippen LogP contribution in [0.25, 0.3) is 0 Å². The van der Waals surface area contributed by atoms with Crippen LogP contribution in [0.4, 0.5) is 10.5 Å². The molecule has 1 amide bonds. The highest BCUT2D eigenvalue weighted by molar-refractivity contribution is 7.80. The average Bonchev–Trinajstić information content (AvgIpc) is 2.54. The van der Waals surface area contributed by atoms with Gasteiger partial charge < -0.3 is 19.3 Å². The van der Waals surface area contributed by atoms with Crippen molar-refractivity contribution in [1.29, 1.82) is 0 Å². The van der Waals surface area contributed by atoms with E-state index >= 15 is 0 Å². The van der Waals surface area contributed by atoms with E-state index in [9.17, 15) is 4.79 Å². The zero-order valence-corrected chi connectivity index (χ0v) is 15.6. The summed E-state index contributed by atoms with van der Waals surface area (Å²) >= 11 is 5.39. The van der Waals surface area contributed by atoms with Crippen LogP contribution in [-0.4, -0.2) is 48.0 Å². The molecule has 0 bridgehead atoms. The van der Waals surface area contributed by atoms with Gasteiger partial charge in [0.25, 0.3) is 5.17 Å². The van der Waals surface area contributed by atoms with Crippen molar-refractivity contribution in [3.63, 3.8) is 0 Å². The third kappa shape index (κ3) is 5.37. The summed E-state index contributed by atoms with van der Waals surface area (Å²) in [5.74, 6) is 0. The van der Waals surface area contributed by atoms with E-state index in [2.05, 4.69) is 0 Å². The zero-order valence-electron chi connectivity index (χ0n) is 14.8. The van der Waals surface area contributed by atoms with E-state index in [0.717, 1.165) is 18.5 Å². The second-order valence-corrected chi connectivity index (χ2v) is 7.29. The number of carbonyl (C=O) groups is 1. The van der Waals surface area contributed by atoms with E-state index in [-0.39, 0.29) is 12.2 Å². The van der Waals surface area contributed by atoms with Crippen molar-refractivity contribution < 1.29 is 14.3 Å². The van der Waals surface area contributed by atoms with Gasteiger partial charge in [-0.1, -0.05) is 18.2 Å². The van der Waals surface area contributed by atoms with Crippen molar-refractivity contribution >= 4 is 29.2 Å². The molecule has 1 aromatic carbocycles. The highest BCUT2D eigenvalue weighted by Gasteiger charge is 2.28. The molecule has 1 aliphatic rings. The van der Waals surface area contributed by atoms with Crippen molar-refractivity contribution in [2.45, 2.75) is 45.3 Å². The topological polar surface area (TPSA) is 42.0 Å². The molecule has 2 rings (SSSR count). The maximum Gasteiger partial charge on any atom is 0.410 e. The van der Waals surface area contributed by atoms with Crippen LogP contribution in [0.1, 0.15) is 33.6 Å². The molecule has 1 heterocycles. The molecule has 132 valence electrons. The van der Waals surface area contributed by atoms with Crippen LogP contribution in [-0.2, 0) is 9.47 Å². The molecule has 1 aromatic rings. The number of amides is 1. The monoisotopic (exact) mass is 350 g/mol. The number of hydrogen-bond acceptors (Lipinski definition) is 4. The molecule has 0 aliphatic carbocycles. The van der Waals surface area contributed by atoms with Gasteiger partial charge in [-0.25, -0.2) is 4.79 Å². The van der Waals surface area contributed by atoms with Gasteiger partial charge in [0.05, 0.1) is 0 Å². The summed E-state index contributed by atoms with van der Waals surface area (Å²) in [4.78, 5) is 15.7. The van der Waals surface area contributed by atoms with Crippen molar-refractivity contribution in [3.05, 3.63) is 30.3 Å². The highest BCUT2D eigenvalue weighted by atomic mass is 32.1. The molecule has 0 radical (unpaired) electrons. The maximum atomic E-state index is 12.1. The second-order valence-electron chi connectivity index (χ2n) is 6.95. The number of para-hydroxylation sites is 1. The van der Waals surface area contributed by atoms with Gasteiger partial charge in [-0.2, -0.15) is 0 Å². The number of nitrogens with zero attached hydrogens (tertiary/aromatic N) is 2. The quantitative estimate of drug-likeness (QED) is 0.759. The van der Waals surface area contributed by atoms with E-state index in [1.165, 1.54) is 0 Å². The Morgan fingerprint density at radius 2 is 1.79 bits per heavy atom. The van der Waals surface area contributed by atoms with Crippen LogP contribution < -0.4 is 4.90 Å². The van der Waals surface area contributed by atoms with Gasteiger partial charge in [0, 0.05) is 38.7 Å². The van der Waals surface area contributed by atoms with Crippen LogP contribution in [0, 0.1) is 0 Å². The number of rotatable bonds is 2. The van der Waals surface area contributed by atoms with Gasteiger partial charge in [-0.15, -0.1) is 0 Å². The van der Waals surface area contributed by atoms with Crippen molar-refractivity contribution in [2.75, 3.05) is 25.0 Å². The number of thiocarbonyl (C=S) groups is 1. The predicted molar refractivity (Wildman–Crippen MR) is 99.4 cm³/mol. The molecule has 1 aliphatic heterocycles. The summed E-state index contributed by atoms with van der Waals surface area (Å²) < 4.78 is 11.3. The zero-order chi connectivity index (χ0) is 17.7. The van der Waals surface area contributed by atoms with Gasteiger partial charge in [0.1, 0.15) is 11.7 Å². The molecule has 0 spiro atoms. The highest BCUT2D eigenvalue weighted by Crippen LogP contribution is 2.19. The maximum absolute atomic E-state index is 12.1. The molecule has 0 aromatic heterocycles. The lowest BCUT2D eigenvalue weighted by atomic mass is 10.1. The van der Waals surface area contributed by atoms with E-state index in [1.54, 1.807) is 4.90 Å². The first-order valence-electron chi connectivity index (χ1n) is 8.23. The molecule has 1 saturated heterocycles. The van der Waals surface area contributed by atoms with Gasteiger partial charge in [0.2, 0.25) is 0 Å². The standard InChI is InChI=1S/C18H26N2O3S/c1-18(2,3)23-16(21)20-12-10-15(11-13-20)22-17(24)19(4)14-8-6-5-7-9-14/h5-9,15H,10-13H2,1-4H3. The normalized spacial score (nSPS) is 15.8. The summed E-state index contributed by atoms with van der Waals surface area (Å²) in [5.41, 5.74) is 0.526. The largest absolute Gasteiger partial charge is 0.467 e. The molecule has 6 heteroatoms. The van der Waals surface area contributed by atoms with E-state index in [1.807, 2.05) is 63.1 Å². The fourth-order valence-electron chi connectivity index (χ4n) is 2.46. The molecule has 5 nitrogen and oxygen atoms in total. The molecule has 0 atom stereocenters. The Bertz CT molecular complexity index is 563. The summed E-state index contributed by atoms with van der Waals surface area (Å²) in [5, 5.41) is 0.455. The molecule has 24 heavy (non-hydrogen) atoms. The van der Waals surface area contributed by atoms with Gasteiger partial charge >= 0.3 is 6.09 Å². The Labute approximate surface area is 149 Å². The van der Waals surface area contributed by atoms with E-state index < -0.39 is 5.60 Å². The number of benzene rings is 1. The first-order valence-corrected chi connectivity index (χ1v) is 8.64. The molecule has 0 unspecified atom stereocenters. The molecule has 0 saturated carbocycles. The van der Waals surface area contributed by atoms with Crippen LogP contribution in [0.5, 0.6) is 0 Å². The lowest BCUT2D eigenvalue weighted by Crippen LogP contribution is -2.44. The minimum Gasteiger partial charge on any atom is -0.467 e. The number of carbonyl (C=O) groups excluding carboxylic acids is 1. The van der Waals surface area contributed by atoms with E-state index in [4.69, 9.17) is 21.7 Å². The third-order valence-electron chi connectivity index (χ3n) is 3.78. The minimum atomic E-state index is -0.468. The number of likely N-dealkylation sites (tertiary alicyclic amines) is 1. The van der Waals surface area contributed by atoms with Crippen LogP contribution in [0.15, 0.2) is 30.3 Å². The lowest BCUT2D eigenvalue weighted by Gasteiger charge is -2.34. The number of hydrogen-bond donors (Lipinski definition) is 0. The fourth-order valence-corrected chi connectivity index (χ4v) is 2.70. The Morgan fingerprint density at radius 1 is 1.21 bits per heavy atom. The Kier molecular flexibility index (Phi) is 6.04. The van der Waals surface area contributed by atoms with Crippen LogP contribution in [0.3, 0.4) is 0 Å².